The van der Waals surface area contributed by atoms with Gasteiger partial charge in [-0.05, 0) is 23.8 Å². The number of hydrogen-bond donors (Lipinski definition) is 1. The van der Waals surface area contributed by atoms with Gasteiger partial charge in [-0.3, -0.25) is 0 Å². The third-order valence-corrected chi connectivity index (χ3v) is 2.72. The van der Waals surface area contributed by atoms with Crippen LogP contribution in [0.5, 0.6) is 11.5 Å². The predicted molar refractivity (Wildman–Crippen MR) is 72.2 cm³/mol. The van der Waals surface area contributed by atoms with E-state index in [0.717, 1.165) is 11.3 Å². The molecule has 0 unspecified atom stereocenters. The molecule has 2 aromatic rings. The first kappa shape index (κ1) is 15.1. The maximum atomic E-state index is 12.3. The number of nitrogens with one attached hydrogen (secondary N) is 1. The quantitative estimate of drug-likeness (QED) is 0.850. The van der Waals surface area contributed by atoms with Crippen LogP contribution in [0, 0.1) is 0 Å². The van der Waals surface area contributed by atoms with Gasteiger partial charge in [0.25, 0.3) is 0 Å². The third-order valence-electron chi connectivity index (χ3n) is 2.72. The summed E-state index contributed by atoms with van der Waals surface area (Å²) < 4.78 is 34.1. The highest BCUT2D eigenvalue weighted by molar-refractivity contribution is 5.43. The molecule has 7 heteroatoms. The molecule has 0 saturated carbocycles. The number of alkyl halides is 2. The van der Waals surface area contributed by atoms with E-state index in [9.17, 15) is 8.78 Å². The maximum Gasteiger partial charge on any atom is 0.387 e. The van der Waals surface area contributed by atoms with Crippen LogP contribution in [0.1, 0.15) is 11.3 Å². The molecular formula is C14H15F2N3O2. The predicted octanol–water partition coefficient (Wildman–Crippen LogP) is 2.38. The number of benzene rings is 1. The molecule has 0 radical (unpaired) electrons. The summed E-state index contributed by atoms with van der Waals surface area (Å²) >= 11 is 0. The Morgan fingerprint density at radius 1 is 1.19 bits per heavy atom. The molecule has 21 heavy (non-hydrogen) atoms. The summed E-state index contributed by atoms with van der Waals surface area (Å²) in [6.07, 6.45) is 3.13. The molecule has 1 aromatic heterocycles. The van der Waals surface area contributed by atoms with Crippen molar-refractivity contribution in [3.8, 4) is 11.5 Å². The van der Waals surface area contributed by atoms with E-state index in [-0.39, 0.29) is 11.5 Å². The normalized spacial score (nSPS) is 10.7. The van der Waals surface area contributed by atoms with E-state index in [1.807, 2.05) is 0 Å². The summed E-state index contributed by atoms with van der Waals surface area (Å²) in [6, 6.07) is 6.70. The zero-order chi connectivity index (χ0) is 15.1. The number of halogens is 2. The number of aromatic nitrogens is 2. The van der Waals surface area contributed by atoms with E-state index in [1.54, 1.807) is 24.4 Å². The lowest BCUT2D eigenvalue weighted by molar-refractivity contribution is -0.0512. The number of rotatable bonds is 7. The first-order valence-electron chi connectivity index (χ1n) is 6.26. The van der Waals surface area contributed by atoms with Gasteiger partial charge in [-0.2, -0.15) is 8.78 Å². The number of hydrogen-bond acceptors (Lipinski definition) is 5. The highest BCUT2D eigenvalue weighted by Crippen LogP contribution is 2.29. The van der Waals surface area contributed by atoms with Gasteiger partial charge in [0.2, 0.25) is 0 Å². The van der Waals surface area contributed by atoms with Crippen molar-refractivity contribution in [2.24, 2.45) is 0 Å². The monoisotopic (exact) mass is 295 g/mol. The topological polar surface area (TPSA) is 56.3 Å². The second-order valence-electron chi connectivity index (χ2n) is 4.17. The van der Waals surface area contributed by atoms with Crippen molar-refractivity contribution in [2.75, 3.05) is 7.11 Å². The van der Waals surface area contributed by atoms with Crippen molar-refractivity contribution in [1.82, 2.24) is 15.3 Å². The molecule has 0 saturated heterocycles. The SMILES string of the molecule is COc1ccc(CNCc2ccncn2)cc1OC(F)F. The van der Waals surface area contributed by atoms with Gasteiger partial charge < -0.3 is 14.8 Å². The van der Waals surface area contributed by atoms with Gasteiger partial charge in [0.1, 0.15) is 6.33 Å². The smallest absolute Gasteiger partial charge is 0.387 e. The van der Waals surface area contributed by atoms with Crippen LogP contribution < -0.4 is 14.8 Å². The number of nitrogens with zero attached hydrogens (tertiary/aromatic N) is 2. The Hall–Kier alpha value is -2.28. The average molecular weight is 295 g/mol. The van der Waals surface area contributed by atoms with Crippen LogP contribution in [0.15, 0.2) is 36.8 Å². The third kappa shape index (κ3) is 4.64. The molecule has 0 atom stereocenters. The molecule has 1 aromatic carbocycles. The maximum absolute atomic E-state index is 12.3. The van der Waals surface area contributed by atoms with Gasteiger partial charge in [0, 0.05) is 19.3 Å². The molecule has 112 valence electrons. The summed E-state index contributed by atoms with van der Waals surface area (Å²) in [7, 11) is 1.40. The Morgan fingerprint density at radius 2 is 2.05 bits per heavy atom. The van der Waals surface area contributed by atoms with E-state index < -0.39 is 6.61 Å². The molecular weight excluding hydrogens is 280 g/mol. The highest BCUT2D eigenvalue weighted by Gasteiger charge is 2.11. The van der Waals surface area contributed by atoms with Crippen molar-refractivity contribution in [3.63, 3.8) is 0 Å². The summed E-state index contributed by atoms with van der Waals surface area (Å²) in [5.74, 6) is 0.295. The molecule has 1 heterocycles. The van der Waals surface area contributed by atoms with E-state index >= 15 is 0 Å². The lowest BCUT2D eigenvalue weighted by Crippen LogP contribution is -2.14. The van der Waals surface area contributed by atoms with Crippen molar-refractivity contribution >= 4 is 0 Å². The van der Waals surface area contributed by atoms with Crippen molar-refractivity contribution in [2.45, 2.75) is 19.7 Å². The van der Waals surface area contributed by atoms with Crippen LogP contribution in [-0.2, 0) is 13.1 Å². The first-order chi connectivity index (χ1) is 10.2. The Labute approximate surface area is 120 Å². The van der Waals surface area contributed by atoms with Gasteiger partial charge in [0.05, 0.1) is 12.8 Å². The molecule has 0 spiro atoms. The number of ether oxygens (including phenoxy) is 2. The number of methoxy groups -OCH3 is 1. The zero-order valence-electron chi connectivity index (χ0n) is 11.4. The molecule has 0 fully saturated rings. The van der Waals surface area contributed by atoms with Crippen molar-refractivity contribution in [1.29, 1.82) is 0 Å². The van der Waals surface area contributed by atoms with E-state index in [2.05, 4.69) is 20.0 Å². The molecule has 2 rings (SSSR count). The van der Waals surface area contributed by atoms with Crippen LogP contribution in [0.2, 0.25) is 0 Å². The van der Waals surface area contributed by atoms with Gasteiger partial charge >= 0.3 is 6.61 Å². The second kappa shape index (κ2) is 7.49. The molecule has 5 nitrogen and oxygen atoms in total. The van der Waals surface area contributed by atoms with E-state index in [0.29, 0.717) is 13.1 Å². The molecule has 0 aliphatic carbocycles. The lowest BCUT2D eigenvalue weighted by atomic mass is 10.2. The lowest BCUT2D eigenvalue weighted by Gasteiger charge is -2.12. The summed E-state index contributed by atoms with van der Waals surface area (Å²) in [5.41, 5.74) is 1.66. The Balaban J connectivity index is 1.96. The molecule has 0 aliphatic rings. The Bertz CT molecular complexity index is 567. The van der Waals surface area contributed by atoms with E-state index in [1.165, 1.54) is 19.5 Å². The van der Waals surface area contributed by atoms with Gasteiger partial charge in [-0.15, -0.1) is 0 Å². The minimum atomic E-state index is -2.89. The van der Waals surface area contributed by atoms with Crippen LogP contribution in [0.3, 0.4) is 0 Å². The van der Waals surface area contributed by atoms with Gasteiger partial charge in [0.15, 0.2) is 11.5 Å². The molecule has 1 N–H and O–H groups in total. The summed E-state index contributed by atoms with van der Waals surface area (Å²) in [4.78, 5) is 7.91. The Kier molecular flexibility index (Phi) is 5.39. The average Bonchev–Trinajstić information content (AvgIpc) is 2.48. The zero-order valence-corrected chi connectivity index (χ0v) is 11.4. The molecule has 0 bridgehead atoms. The van der Waals surface area contributed by atoms with Crippen LogP contribution >= 0.6 is 0 Å². The highest BCUT2D eigenvalue weighted by atomic mass is 19.3. The van der Waals surface area contributed by atoms with Gasteiger partial charge in [-0.1, -0.05) is 6.07 Å². The molecule has 0 amide bonds. The minimum absolute atomic E-state index is 0.0221. The standard InChI is InChI=1S/C14H15F2N3O2/c1-20-12-3-2-10(6-13(12)21-14(15)16)7-18-8-11-4-5-17-9-19-11/h2-6,9,14,18H,7-8H2,1H3. The second-order valence-corrected chi connectivity index (χ2v) is 4.17. The fourth-order valence-corrected chi connectivity index (χ4v) is 1.78. The van der Waals surface area contributed by atoms with Crippen molar-refractivity contribution in [3.05, 3.63) is 48.0 Å². The largest absolute Gasteiger partial charge is 0.493 e. The summed E-state index contributed by atoms with van der Waals surface area (Å²) in [5, 5.41) is 3.16. The van der Waals surface area contributed by atoms with Crippen LogP contribution in [0.4, 0.5) is 8.78 Å². The van der Waals surface area contributed by atoms with Gasteiger partial charge in [-0.25, -0.2) is 9.97 Å². The minimum Gasteiger partial charge on any atom is -0.493 e. The van der Waals surface area contributed by atoms with Crippen molar-refractivity contribution < 1.29 is 18.3 Å². The first-order valence-corrected chi connectivity index (χ1v) is 6.26. The Morgan fingerprint density at radius 3 is 2.71 bits per heavy atom. The fourth-order valence-electron chi connectivity index (χ4n) is 1.78. The van der Waals surface area contributed by atoms with E-state index in [4.69, 9.17) is 4.74 Å². The van der Waals surface area contributed by atoms with Crippen LogP contribution in [-0.4, -0.2) is 23.7 Å². The van der Waals surface area contributed by atoms with Crippen LogP contribution in [0.25, 0.3) is 0 Å². The fraction of sp³-hybridized carbons (Fsp3) is 0.286. The molecule has 0 aliphatic heterocycles. The summed E-state index contributed by atoms with van der Waals surface area (Å²) in [6.45, 7) is -1.84.